The highest BCUT2D eigenvalue weighted by molar-refractivity contribution is 6.29. The van der Waals surface area contributed by atoms with Crippen molar-refractivity contribution in [1.82, 2.24) is 9.97 Å². The van der Waals surface area contributed by atoms with Crippen molar-refractivity contribution < 1.29 is 5.11 Å². The summed E-state index contributed by atoms with van der Waals surface area (Å²) in [6.45, 7) is 4.56. The van der Waals surface area contributed by atoms with Crippen LogP contribution < -0.4 is 4.90 Å². The molecule has 0 bridgehead atoms. The highest BCUT2D eigenvalue weighted by atomic mass is 35.5. The van der Waals surface area contributed by atoms with E-state index in [0.717, 1.165) is 25.2 Å². The summed E-state index contributed by atoms with van der Waals surface area (Å²) in [6, 6.07) is 1.90. The second-order valence-electron chi connectivity index (χ2n) is 4.24. The van der Waals surface area contributed by atoms with Crippen molar-refractivity contribution in [3.8, 4) is 0 Å². The van der Waals surface area contributed by atoms with E-state index >= 15 is 0 Å². The fraction of sp³-hybridized carbons (Fsp3) is 0.636. The summed E-state index contributed by atoms with van der Waals surface area (Å²) in [5.74, 6) is 1.49. The number of aryl methyl sites for hydroxylation is 1. The maximum Gasteiger partial charge on any atom is 0.134 e. The summed E-state index contributed by atoms with van der Waals surface area (Å²) in [7, 11) is 0. The van der Waals surface area contributed by atoms with E-state index in [-0.39, 0.29) is 12.1 Å². The molecule has 4 nitrogen and oxygen atoms in total. The van der Waals surface area contributed by atoms with Gasteiger partial charge in [0.05, 0.1) is 12.1 Å². The lowest BCUT2D eigenvalue weighted by Crippen LogP contribution is -2.38. The van der Waals surface area contributed by atoms with Crippen LogP contribution in [0, 0.1) is 6.92 Å². The Labute approximate surface area is 100 Å². The van der Waals surface area contributed by atoms with Crippen LogP contribution in [-0.4, -0.2) is 33.8 Å². The molecule has 0 aliphatic carbocycles. The molecule has 0 saturated carbocycles. The normalized spacial score (nSPS) is 22.5. The van der Waals surface area contributed by atoms with E-state index in [1.165, 1.54) is 0 Å². The number of rotatable bonds is 2. The number of halogens is 1. The van der Waals surface area contributed by atoms with Gasteiger partial charge in [0.1, 0.15) is 16.8 Å². The summed E-state index contributed by atoms with van der Waals surface area (Å²) >= 11 is 5.92. The van der Waals surface area contributed by atoms with Crippen molar-refractivity contribution in [3.63, 3.8) is 0 Å². The molecule has 0 aromatic carbocycles. The lowest BCUT2D eigenvalue weighted by atomic mass is 10.1. The van der Waals surface area contributed by atoms with Crippen LogP contribution >= 0.6 is 11.6 Å². The van der Waals surface area contributed by atoms with E-state index < -0.39 is 0 Å². The maximum atomic E-state index is 9.70. The van der Waals surface area contributed by atoms with Gasteiger partial charge in [-0.2, -0.15) is 0 Å². The first-order valence-electron chi connectivity index (χ1n) is 5.54. The molecule has 0 amide bonds. The Balaban J connectivity index is 2.29. The molecule has 88 valence electrons. The zero-order chi connectivity index (χ0) is 11.7. The minimum Gasteiger partial charge on any atom is -0.391 e. The van der Waals surface area contributed by atoms with Gasteiger partial charge in [0, 0.05) is 12.6 Å². The van der Waals surface area contributed by atoms with Gasteiger partial charge in [-0.1, -0.05) is 11.6 Å². The third-order valence-corrected chi connectivity index (χ3v) is 3.14. The number of aromatic nitrogens is 2. The molecule has 1 aliphatic heterocycles. The molecular formula is C11H16ClN3O. The molecule has 0 radical (unpaired) electrons. The van der Waals surface area contributed by atoms with Crippen LogP contribution in [0.2, 0.25) is 5.15 Å². The van der Waals surface area contributed by atoms with Gasteiger partial charge in [0.15, 0.2) is 0 Å². The average Bonchev–Trinajstić information content (AvgIpc) is 2.63. The average molecular weight is 242 g/mol. The first-order chi connectivity index (χ1) is 7.58. The summed E-state index contributed by atoms with van der Waals surface area (Å²) < 4.78 is 0. The molecule has 1 aromatic rings. The molecule has 2 rings (SSSR count). The Hall–Kier alpha value is -0.870. The smallest absolute Gasteiger partial charge is 0.134 e. The quantitative estimate of drug-likeness (QED) is 0.802. The Morgan fingerprint density at radius 3 is 2.94 bits per heavy atom. The molecule has 2 atom stereocenters. The van der Waals surface area contributed by atoms with E-state index in [9.17, 15) is 5.11 Å². The van der Waals surface area contributed by atoms with Gasteiger partial charge in [-0.05, 0) is 26.7 Å². The zero-order valence-corrected chi connectivity index (χ0v) is 10.3. The molecule has 16 heavy (non-hydrogen) atoms. The van der Waals surface area contributed by atoms with Crippen LogP contribution in [-0.2, 0) is 0 Å². The highest BCUT2D eigenvalue weighted by Gasteiger charge is 2.29. The minimum absolute atomic E-state index is 0.144. The standard InChI is InChI=1S/C11H16ClN3O/c1-7(16)9-4-3-5-15(9)11-6-10(12)13-8(2)14-11/h6-7,9,16H,3-5H2,1-2H3. The zero-order valence-electron chi connectivity index (χ0n) is 9.52. The Kier molecular flexibility index (Phi) is 3.30. The topological polar surface area (TPSA) is 49.2 Å². The van der Waals surface area contributed by atoms with E-state index in [4.69, 9.17) is 11.6 Å². The molecule has 5 heteroatoms. The maximum absolute atomic E-state index is 9.70. The monoisotopic (exact) mass is 241 g/mol. The second-order valence-corrected chi connectivity index (χ2v) is 4.63. The van der Waals surface area contributed by atoms with Crippen molar-refractivity contribution in [3.05, 3.63) is 17.0 Å². The third kappa shape index (κ3) is 2.28. The summed E-state index contributed by atoms with van der Waals surface area (Å²) in [5, 5.41) is 10.2. The van der Waals surface area contributed by atoms with Crippen LogP contribution in [0.4, 0.5) is 5.82 Å². The fourth-order valence-corrected chi connectivity index (χ4v) is 2.46. The molecule has 1 saturated heterocycles. The number of anilines is 1. The van der Waals surface area contributed by atoms with Crippen LogP contribution in [0.25, 0.3) is 0 Å². The molecule has 2 heterocycles. The van der Waals surface area contributed by atoms with E-state index in [0.29, 0.717) is 11.0 Å². The molecule has 1 fully saturated rings. The van der Waals surface area contributed by atoms with Gasteiger partial charge < -0.3 is 10.0 Å². The van der Waals surface area contributed by atoms with Gasteiger partial charge >= 0.3 is 0 Å². The molecule has 1 aromatic heterocycles. The van der Waals surface area contributed by atoms with Gasteiger partial charge in [-0.25, -0.2) is 9.97 Å². The van der Waals surface area contributed by atoms with Crippen LogP contribution in [0.1, 0.15) is 25.6 Å². The van der Waals surface area contributed by atoms with Gasteiger partial charge in [-0.15, -0.1) is 0 Å². The predicted molar refractivity (Wildman–Crippen MR) is 63.8 cm³/mol. The van der Waals surface area contributed by atoms with Crippen molar-refractivity contribution in [2.24, 2.45) is 0 Å². The van der Waals surface area contributed by atoms with Crippen molar-refractivity contribution >= 4 is 17.4 Å². The first kappa shape index (κ1) is 11.6. The van der Waals surface area contributed by atoms with Crippen LogP contribution in [0.3, 0.4) is 0 Å². The largest absolute Gasteiger partial charge is 0.391 e. The van der Waals surface area contributed by atoms with Crippen molar-refractivity contribution in [1.29, 1.82) is 0 Å². The van der Waals surface area contributed by atoms with Crippen molar-refractivity contribution in [2.45, 2.75) is 38.8 Å². The molecule has 1 aliphatic rings. The van der Waals surface area contributed by atoms with Gasteiger partial charge in [0.2, 0.25) is 0 Å². The number of aliphatic hydroxyl groups excluding tert-OH is 1. The number of aliphatic hydroxyl groups is 1. The predicted octanol–water partition coefficient (Wildman–Crippen LogP) is 1.79. The van der Waals surface area contributed by atoms with Crippen molar-refractivity contribution in [2.75, 3.05) is 11.4 Å². The Morgan fingerprint density at radius 2 is 2.31 bits per heavy atom. The molecule has 2 unspecified atom stereocenters. The lowest BCUT2D eigenvalue weighted by Gasteiger charge is -2.27. The van der Waals surface area contributed by atoms with Gasteiger partial charge in [-0.3, -0.25) is 0 Å². The first-order valence-corrected chi connectivity index (χ1v) is 5.91. The molecule has 1 N–H and O–H groups in total. The lowest BCUT2D eigenvalue weighted by molar-refractivity contribution is 0.164. The molecular weight excluding hydrogens is 226 g/mol. The van der Waals surface area contributed by atoms with E-state index in [1.54, 1.807) is 6.07 Å². The molecule has 0 spiro atoms. The van der Waals surface area contributed by atoms with Crippen LogP contribution in [0.15, 0.2) is 6.07 Å². The fourth-order valence-electron chi connectivity index (χ4n) is 2.24. The van der Waals surface area contributed by atoms with E-state index in [2.05, 4.69) is 14.9 Å². The number of hydrogen-bond donors (Lipinski definition) is 1. The van der Waals surface area contributed by atoms with Gasteiger partial charge in [0.25, 0.3) is 0 Å². The van der Waals surface area contributed by atoms with E-state index in [1.807, 2.05) is 13.8 Å². The SMILES string of the molecule is Cc1nc(Cl)cc(N2CCCC2C(C)O)n1. The number of nitrogens with zero attached hydrogens (tertiary/aromatic N) is 3. The van der Waals surface area contributed by atoms with Crippen LogP contribution in [0.5, 0.6) is 0 Å². The summed E-state index contributed by atoms with van der Waals surface area (Å²) in [4.78, 5) is 10.5. The Morgan fingerprint density at radius 1 is 1.56 bits per heavy atom. The third-order valence-electron chi connectivity index (χ3n) is 2.94. The summed E-state index contributed by atoms with van der Waals surface area (Å²) in [6.07, 6.45) is 1.73. The summed E-state index contributed by atoms with van der Waals surface area (Å²) in [5.41, 5.74) is 0. The highest BCUT2D eigenvalue weighted by Crippen LogP contribution is 2.27. The minimum atomic E-state index is -0.350. The Bertz CT molecular complexity index is 363. The number of hydrogen-bond acceptors (Lipinski definition) is 4. The second kappa shape index (κ2) is 4.55.